The summed E-state index contributed by atoms with van der Waals surface area (Å²) >= 11 is 0. The van der Waals surface area contributed by atoms with Crippen LogP contribution in [0.25, 0.3) is 0 Å². The maximum absolute atomic E-state index is 5.93. The van der Waals surface area contributed by atoms with Crippen LogP contribution < -0.4 is 10.6 Å². The van der Waals surface area contributed by atoms with Crippen molar-refractivity contribution in [3.63, 3.8) is 0 Å². The Balaban J connectivity index is 1.78. The van der Waals surface area contributed by atoms with Crippen LogP contribution in [-0.4, -0.2) is 47.6 Å². The van der Waals surface area contributed by atoms with E-state index in [0.29, 0.717) is 6.04 Å². The lowest BCUT2D eigenvalue weighted by molar-refractivity contribution is 0.309. The van der Waals surface area contributed by atoms with Gasteiger partial charge in [0.2, 0.25) is 5.95 Å². The Kier molecular flexibility index (Phi) is 3.18. The second-order valence-corrected chi connectivity index (χ2v) is 5.45. The second kappa shape index (κ2) is 4.82. The summed E-state index contributed by atoms with van der Waals surface area (Å²) in [5.41, 5.74) is 8.44. The maximum atomic E-state index is 5.93. The molecule has 3 heterocycles. The summed E-state index contributed by atoms with van der Waals surface area (Å²) in [6.45, 7) is 4.04. The summed E-state index contributed by atoms with van der Waals surface area (Å²) in [5, 5.41) is 0. The van der Waals surface area contributed by atoms with Crippen LogP contribution in [0.3, 0.4) is 0 Å². The number of nitrogens with zero attached hydrogens (tertiary/aromatic N) is 4. The third-order valence-electron chi connectivity index (χ3n) is 3.93. The number of rotatable bonds is 1. The maximum Gasteiger partial charge on any atom is 0.225 e. The standard InChI is InChI=1S/C13H21N5/c1-17-5-4-12-10(9-17)8-15-13(16-12)18-6-2-11(14)3-7-18/h8,11H,2-7,9,14H2,1H3. The fraction of sp³-hybridized carbons (Fsp3) is 0.692. The number of piperidine rings is 1. The van der Waals surface area contributed by atoms with Crippen molar-refractivity contribution < 1.29 is 0 Å². The molecule has 0 saturated carbocycles. The summed E-state index contributed by atoms with van der Waals surface area (Å²) in [6.07, 6.45) is 5.13. The van der Waals surface area contributed by atoms with E-state index in [1.807, 2.05) is 6.20 Å². The highest BCUT2D eigenvalue weighted by Gasteiger charge is 2.21. The molecule has 18 heavy (non-hydrogen) atoms. The lowest BCUT2D eigenvalue weighted by Gasteiger charge is -2.31. The van der Waals surface area contributed by atoms with Gasteiger partial charge in [-0.2, -0.15) is 0 Å². The van der Waals surface area contributed by atoms with Gasteiger partial charge >= 0.3 is 0 Å². The number of likely N-dealkylation sites (N-methyl/N-ethyl adjacent to an activating group) is 1. The number of aromatic nitrogens is 2. The van der Waals surface area contributed by atoms with Crippen LogP contribution in [0.15, 0.2) is 6.20 Å². The molecule has 0 unspecified atom stereocenters. The molecular weight excluding hydrogens is 226 g/mol. The molecule has 2 aliphatic heterocycles. The van der Waals surface area contributed by atoms with E-state index >= 15 is 0 Å². The molecular formula is C13H21N5. The van der Waals surface area contributed by atoms with Gasteiger partial charge in [-0.3, -0.25) is 0 Å². The van der Waals surface area contributed by atoms with Crippen molar-refractivity contribution in [2.45, 2.75) is 31.8 Å². The first-order valence-electron chi connectivity index (χ1n) is 6.76. The van der Waals surface area contributed by atoms with Gasteiger partial charge in [0.05, 0.1) is 5.69 Å². The Morgan fingerprint density at radius 3 is 2.83 bits per heavy atom. The zero-order chi connectivity index (χ0) is 12.5. The quantitative estimate of drug-likeness (QED) is 0.778. The van der Waals surface area contributed by atoms with E-state index in [-0.39, 0.29) is 0 Å². The largest absolute Gasteiger partial charge is 0.341 e. The van der Waals surface area contributed by atoms with Gasteiger partial charge < -0.3 is 15.5 Å². The van der Waals surface area contributed by atoms with Crippen LogP contribution in [0.2, 0.25) is 0 Å². The van der Waals surface area contributed by atoms with Crippen LogP contribution in [0, 0.1) is 0 Å². The average molecular weight is 247 g/mol. The summed E-state index contributed by atoms with van der Waals surface area (Å²) in [6, 6.07) is 0.354. The van der Waals surface area contributed by atoms with Crippen molar-refractivity contribution in [1.29, 1.82) is 0 Å². The average Bonchev–Trinajstić information content (AvgIpc) is 2.39. The Morgan fingerprint density at radius 2 is 2.06 bits per heavy atom. The van der Waals surface area contributed by atoms with E-state index in [1.165, 1.54) is 11.3 Å². The molecule has 3 rings (SSSR count). The van der Waals surface area contributed by atoms with E-state index in [1.54, 1.807) is 0 Å². The molecule has 0 aromatic carbocycles. The van der Waals surface area contributed by atoms with Gasteiger partial charge in [0.1, 0.15) is 0 Å². The molecule has 1 fully saturated rings. The lowest BCUT2D eigenvalue weighted by Crippen LogP contribution is -2.40. The van der Waals surface area contributed by atoms with Crippen LogP contribution in [0.5, 0.6) is 0 Å². The van der Waals surface area contributed by atoms with Crippen LogP contribution in [0.4, 0.5) is 5.95 Å². The van der Waals surface area contributed by atoms with Gasteiger partial charge in [0.25, 0.3) is 0 Å². The number of fused-ring (bicyclic) bond motifs is 1. The molecule has 98 valence electrons. The minimum absolute atomic E-state index is 0.354. The minimum atomic E-state index is 0.354. The predicted molar refractivity (Wildman–Crippen MR) is 71.5 cm³/mol. The number of hydrogen-bond acceptors (Lipinski definition) is 5. The molecule has 1 aromatic heterocycles. The topological polar surface area (TPSA) is 58.3 Å². The normalized spacial score (nSPS) is 22.0. The second-order valence-electron chi connectivity index (χ2n) is 5.45. The van der Waals surface area contributed by atoms with Crippen molar-refractivity contribution in [1.82, 2.24) is 14.9 Å². The molecule has 5 nitrogen and oxygen atoms in total. The Morgan fingerprint density at radius 1 is 1.28 bits per heavy atom. The van der Waals surface area contributed by atoms with E-state index in [0.717, 1.165) is 51.4 Å². The minimum Gasteiger partial charge on any atom is -0.341 e. The smallest absolute Gasteiger partial charge is 0.225 e. The monoisotopic (exact) mass is 247 g/mol. The molecule has 1 aromatic rings. The first kappa shape index (κ1) is 11.9. The molecule has 0 amide bonds. The third-order valence-corrected chi connectivity index (χ3v) is 3.93. The predicted octanol–water partition coefficient (Wildman–Crippen LogP) is 0.392. The Hall–Kier alpha value is -1.20. The van der Waals surface area contributed by atoms with Crippen LogP contribution >= 0.6 is 0 Å². The van der Waals surface area contributed by atoms with E-state index < -0.39 is 0 Å². The molecule has 0 aliphatic carbocycles. The molecule has 2 N–H and O–H groups in total. The zero-order valence-electron chi connectivity index (χ0n) is 11.0. The van der Waals surface area contributed by atoms with Gasteiger partial charge in [-0.1, -0.05) is 0 Å². The van der Waals surface area contributed by atoms with E-state index in [4.69, 9.17) is 10.7 Å². The van der Waals surface area contributed by atoms with E-state index in [2.05, 4.69) is 21.8 Å². The van der Waals surface area contributed by atoms with Crippen molar-refractivity contribution in [2.24, 2.45) is 5.73 Å². The van der Waals surface area contributed by atoms with Gasteiger partial charge in [0.15, 0.2) is 0 Å². The molecule has 0 atom stereocenters. The molecule has 2 aliphatic rings. The van der Waals surface area contributed by atoms with Crippen LogP contribution in [0.1, 0.15) is 24.1 Å². The van der Waals surface area contributed by atoms with Gasteiger partial charge in [-0.05, 0) is 19.9 Å². The van der Waals surface area contributed by atoms with Gasteiger partial charge in [-0.25, -0.2) is 9.97 Å². The highest BCUT2D eigenvalue weighted by atomic mass is 15.3. The SMILES string of the molecule is CN1CCc2nc(N3CCC(N)CC3)ncc2C1. The van der Waals surface area contributed by atoms with Crippen molar-refractivity contribution in [2.75, 3.05) is 31.6 Å². The fourth-order valence-corrected chi connectivity index (χ4v) is 2.70. The van der Waals surface area contributed by atoms with E-state index in [9.17, 15) is 0 Å². The zero-order valence-corrected chi connectivity index (χ0v) is 11.0. The lowest BCUT2D eigenvalue weighted by atomic mass is 10.1. The van der Waals surface area contributed by atoms with Crippen molar-refractivity contribution in [3.05, 3.63) is 17.5 Å². The molecule has 0 spiro atoms. The molecule has 1 saturated heterocycles. The van der Waals surface area contributed by atoms with Gasteiger partial charge in [-0.15, -0.1) is 0 Å². The van der Waals surface area contributed by atoms with Crippen LogP contribution in [-0.2, 0) is 13.0 Å². The van der Waals surface area contributed by atoms with Gasteiger partial charge in [0, 0.05) is 50.4 Å². The fourth-order valence-electron chi connectivity index (χ4n) is 2.70. The first-order chi connectivity index (χ1) is 8.72. The summed E-state index contributed by atoms with van der Waals surface area (Å²) < 4.78 is 0. The number of hydrogen-bond donors (Lipinski definition) is 1. The van der Waals surface area contributed by atoms with Crippen molar-refractivity contribution >= 4 is 5.95 Å². The molecule has 0 radical (unpaired) electrons. The number of nitrogens with two attached hydrogens (primary N) is 1. The highest BCUT2D eigenvalue weighted by Crippen LogP contribution is 2.20. The summed E-state index contributed by atoms with van der Waals surface area (Å²) in [7, 11) is 2.14. The first-order valence-corrected chi connectivity index (χ1v) is 6.76. The third kappa shape index (κ3) is 2.33. The summed E-state index contributed by atoms with van der Waals surface area (Å²) in [5.74, 6) is 0.894. The Bertz CT molecular complexity index is 425. The summed E-state index contributed by atoms with van der Waals surface area (Å²) in [4.78, 5) is 13.8. The number of anilines is 1. The Labute approximate surface area is 108 Å². The molecule has 5 heteroatoms. The highest BCUT2D eigenvalue weighted by molar-refractivity contribution is 5.34. The molecule has 0 bridgehead atoms. The van der Waals surface area contributed by atoms with Crippen molar-refractivity contribution in [3.8, 4) is 0 Å².